The van der Waals surface area contributed by atoms with Crippen molar-refractivity contribution in [1.82, 2.24) is 10.6 Å². The van der Waals surface area contributed by atoms with Gasteiger partial charge in [-0.3, -0.25) is 9.59 Å². The lowest BCUT2D eigenvalue weighted by molar-refractivity contribution is -0.142. The summed E-state index contributed by atoms with van der Waals surface area (Å²) in [6, 6.07) is 16.1. The van der Waals surface area contributed by atoms with E-state index in [4.69, 9.17) is 9.84 Å². The van der Waals surface area contributed by atoms with Gasteiger partial charge in [-0.15, -0.1) is 0 Å². The zero-order chi connectivity index (χ0) is 22.4. The standard InChI is InChI=1S/C23H26N2O6/c1-23(30,12-21(27)28)14-25-20(26)10-11-24-22(29)31-13-19-17-8-4-2-6-15(17)16-7-3-5-9-18(16)19/h2-9,19,30H,10-14H2,1H3,(H,24,29)(H,25,26)(H,27,28). The van der Waals surface area contributed by atoms with Crippen LogP contribution in [0.5, 0.6) is 0 Å². The van der Waals surface area contributed by atoms with Crippen molar-refractivity contribution in [3.8, 4) is 11.1 Å². The van der Waals surface area contributed by atoms with E-state index >= 15 is 0 Å². The lowest BCUT2D eigenvalue weighted by Gasteiger charge is -2.21. The third-order valence-corrected chi connectivity index (χ3v) is 5.16. The van der Waals surface area contributed by atoms with E-state index in [1.807, 2.05) is 36.4 Å². The highest BCUT2D eigenvalue weighted by atomic mass is 16.5. The van der Waals surface area contributed by atoms with Crippen LogP contribution in [0.3, 0.4) is 0 Å². The van der Waals surface area contributed by atoms with Gasteiger partial charge in [-0.05, 0) is 29.2 Å². The third-order valence-electron chi connectivity index (χ3n) is 5.16. The van der Waals surface area contributed by atoms with Crippen LogP contribution < -0.4 is 10.6 Å². The van der Waals surface area contributed by atoms with E-state index in [2.05, 4.69) is 22.8 Å². The Labute approximate surface area is 180 Å². The summed E-state index contributed by atoms with van der Waals surface area (Å²) in [6.07, 6.45) is -1.12. The number of carbonyl (C=O) groups is 3. The van der Waals surface area contributed by atoms with Crippen LogP contribution in [0.25, 0.3) is 11.1 Å². The smallest absolute Gasteiger partial charge is 0.407 e. The van der Waals surface area contributed by atoms with Crippen molar-refractivity contribution in [1.29, 1.82) is 0 Å². The Kier molecular flexibility index (Phi) is 6.91. The highest BCUT2D eigenvalue weighted by Crippen LogP contribution is 2.44. The highest BCUT2D eigenvalue weighted by molar-refractivity contribution is 5.79. The number of fused-ring (bicyclic) bond motifs is 3. The van der Waals surface area contributed by atoms with Crippen LogP contribution in [-0.2, 0) is 14.3 Å². The Morgan fingerprint density at radius 3 is 2.16 bits per heavy atom. The molecule has 1 aliphatic rings. The zero-order valence-electron chi connectivity index (χ0n) is 17.3. The average Bonchev–Trinajstić information content (AvgIpc) is 3.04. The predicted molar refractivity (Wildman–Crippen MR) is 114 cm³/mol. The average molecular weight is 426 g/mol. The van der Waals surface area contributed by atoms with Gasteiger partial charge in [0, 0.05) is 25.4 Å². The number of amides is 2. The van der Waals surface area contributed by atoms with E-state index in [-0.39, 0.29) is 32.0 Å². The summed E-state index contributed by atoms with van der Waals surface area (Å²) in [4.78, 5) is 34.6. The Morgan fingerprint density at radius 1 is 1.00 bits per heavy atom. The molecule has 2 aromatic carbocycles. The SMILES string of the molecule is CC(O)(CNC(=O)CCNC(=O)OCC1c2ccccc2-c2ccccc21)CC(=O)O. The Balaban J connectivity index is 1.43. The van der Waals surface area contributed by atoms with E-state index in [0.29, 0.717) is 0 Å². The van der Waals surface area contributed by atoms with Crippen LogP contribution in [0.1, 0.15) is 36.8 Å². The van der Waals surface area contributed by atoms with Gasteiger partial charge in [0.1, 0.15) is 6.61 Å². The minimum atomic E-state index is -1.54. The molecule has 0 aliphatic heterocycles. The summed E-state index contributed by atoms with van der Waals surface area (Å²) in [5.74, 6) is -1.61. The summed E-state index contributed by atoms with van der Waals surface area (Å²) >= 11 is 0. The van der Waals surface area contributed by atoms with Crippen molar-refractivity contribution in [3.63, 3.8) is 0 Å². The number of carbonyl (C=O) groups excluding carboxylic acids is 2. The molecule has 8 heteroatoms. The molecule has 0 bridgehead atoms. The van der Waals surface area contributed by atoms with E-state index < -0.39 is 30.0 Å². The maximum absolute atomic E-state index is 12.1. The Hall–Kier alpha value is -3.39. The maximum Gasteiger partial charge on any atom is 0.407 e. The summed E-state index contributed by atoms with van der Waals surface area (Å²) in [7, 11) is 0. The summed E-state index contributed by atoms with van der Waals surface area (Å²) in [6.45, 7) is 1.38. The number of rotatable bonds is 9. The minimum absolute atomic E-state index is 0.0205. The molecule has 0 saturated carbocycles. The second kappa shape index (κ2) is 9.61. The molecule has 2 amide bonds. The lowest BCUT2D eigenvalue weighted by Crippen LogP contribution is -2.42. The van der Waals surface area contributed by atoms with Crippen molar-refractivity contribution in [3.05, 3.63) is 59.7 Å². The van der Waals surface area contributed by atoms with Crippen molar-refractivity contribution in [2.75, 3.05) is 19.7 Å². The zero-order valence-corrected chi connectivity index (χ0v) is 17.3. The molecule has 1 unspecified atom stereocenters. The fourth-order valence-electron chi connectivity index (χ4n) is 3.69. The van der Waals surface area contributed by atoms with Gasteiger partial charge in [-0.1, -0.05) is 48.5 Å². The molecule has 2 aromatic rings. The third kappa shape index (κ3) is 5.82. The second-order valence-electron chi connectivity index (χ2n) is 7.85. The first-order valence-corrected chi connectivity index (χ1v) is 10.1. The van der Waals surface area contributed by atoms with Gasteiger partial charge < -0.3 is 25.6 Å². The van der Waals surface area contributed by atoms with Crippen molar-refractivity contribution in [2.45, 2.75) is 31.3 Å². The molecule has 0 fully saturated rings. The van der Waals surface area contributed by atoms with Gasteiger partial charge >= 0.3 is 12.1 Å². The monoisotopic (exact) mass is 426 g/mol. The molecule has 1 aliphatic carbocycles. The molecule has 3 rings (SSSR count). The number of ether oxygens (including phenoxy) is 1. The van der Waals surface area contributed by atoms with Crippen molar-refractivity contribution in [2.24, 2.45) is 0 Å². The van der Waals surface area contributed by atoms with Crippen LogP contribution in [0, 0.1) is 0 Å². The number of carboxylic acids is 1. The van der Waals surface area contributed by atoms with Crippen LogP contribution in [0.2, 0.25) is 0 Å². The normalized spacial score (nSPS) is 14.1. The highest BCUT2D eigenvalue weighted by Gasteiger charge is 2.29. The first-order valence-electron chi connectivity index (χ1n) is 10.1. The summed E-state index contributed by atoms with van der Waals surface area (Å²) < 4.78 is 5.39. The number of hydrogen-bond acceptors (Lipinski definition) is 5. The fourth-order valence-corrected chi connectivity index (χ4v) is 3.69. The first-order chi connectivity index (χ1) is 14.8. The molecule has 0 heterocycles. The predicted octanol–water partition coefficient (Wildman–Crippen LogP) is 2.26. The molecule has 0 radical (unpaired) electrons. The van der Waals surface area contributed by atoms with Crippen LogP contribution in [-0.4, -0.2) is 53.5 Å². The van der Waals surface area contributed by atoms with E-state index in [9.17, 15) is 19.5 Å². The van der Waals surface area contributed by atoms with Crippen LogP contribution in [0.15, 0.2) is 48.5 Å². The molecular formula is C23H26N2O6. The lowest BCUT2D eigenvalue weighted by atomic mass is 9.98. The summed E-state index contributed by atoms with van der Waals surface area (Å²) in [5, 5.41) is 23.6. The summed E-state index contributed by atoms with van der Waals surface area (Å²) in [5.41, 5.74) is 2.97. The topological polar surface area (TPSA) is 125 Å². The van der Waals surface area contributed by atoms with Gasteiger partial charge in [0.25, 0.3) is 0 Å². The van der Waals surface area contributed by atoms with Crippen LogP contribution in [0.4, 0.5) is 4.79 Å². The molecule has 8 nitrogen and oxygen atoms in total. The molecule has 4 N–H and O–H groups in total. The number of aliphatic carboxylic acids is 1. The van der Waals surface area contributed by atoms with Gasteiger partial charge in [0.05, 0.1) is 12.0 Å². The van der Waals surface area contributed by atoms with Crippen molar-refractivity contribution >= 4 is 18.0 Å². The number of benzene rings is 2. The first kappa shape index (κ1) is 22.3. The maximum atomic E-state index is 12.1. The van der Waals surface area contributed by atoms with Crippen LogP contribution >= 0.6 is 0 Å². The quantitative estimate of drug-likeness (QED) is 0.487. The van der Waals surface area contributed by atoms with Gasteiger partial charge in [0.2, 0.25) is 5.91 Å². The number of aliphatic hydroxyl groups is 1. The Bertz CT molecular complexity index is 927. The second-order valence-corrected chi connectivity index (χ2v) is 7.85. The number of nitrogens with one attached hydrogen (secondary N) is 2. The molecule has 1 atom stereocenters. The molecular weight excluding hydrogens is 400 g/mol. The van der Waals surface area contributed by atoms with E-state index in [0.717, 1.165) is 22.3 Å². The van der Waals surface area contributed by atoms with Gasteiger partial charge in [-0.2, -0.15) is 0 Å². The molecule has 164 valence electrons. The van der Waals surface area contributed by atoms with Gasteiger partial charge in [0.15, 0.2) is 0 Å². The largest absolute Gasteiger partial charge is 0.481 e. The number of hydrogen-bond donors (Lipinski definition) is 4. The van der Waals surface area contributed by atoms with E-state index in [1.54, 1.807) is 0 Å². The Morgan fingerprint density at radius 2 is 1.58 bits per heavy atom. The number of carboxylic acid groups (broad SMARTS) is 1. The van der Waals surface area contributed by atoms with E-state index in [1.165, 1.54) is 6.92 Å². The fraction of sp³-hybridized carbons (Fsp3) is 0.348. The van der Waals surface area contributed by atoms with Gasteiger partial charge in [-0.25, -0.2) is 4.79 Å². The number of alkyl carbamates (subject to hydrolysis) is 1. The molecule has 0 saturated heterocycles. The molecule has 0 spiro atoms. The van der Waals surface area contributed by atoms with Crippen molar-refractivity contribution < 1.29 is 29.3 Å². The molecule has 31 heavy (non-hydrogen) atoms. The minimum Gasteiger partial charge on any atom is -0.481 e. The molecule has 0 aromatic heterocycles.